The molecule has 3 rings (SSSR count). The number of hydrogen-bond acceptors (Lipinski definition) is 4. The van der Waals surface area contributed by atoms with Crippen LogP contribution in [-0.4, -0.2) is 23.5 Å². The normalized spacial score (nSPS) is 19.3. The second-order valence-electron chi connectivity index (χ2n) is 5.32. The maximum Gasteiger partial charge on any atom is 0.139 e. The molecule has 0 amide bonds. The van der Waals surface area contributed by atoms with Gasteiger partial charge < -0.3 is 4.74 Å². The Morgan fingerprint density at radius 1 is 1.35 bits per heavy atom. The van der Waals surface area contributed by atoms with Crippen molar-refractivity contribution in [2.24, 2.45) is 0 Å². The van der Waals surface area contributed by atoms with Gasteiger partial charge in [-0.1, -0.05) is 12.1 Å². The Labute approximate surface area is 123 Å². The van der Waals surface area contributed by atoms with E-state index in [1.54, 1.807) is 11.3 Å². The van der Waals surface area contributed by atoms with Gasteiger partial charge in [-0.2, -0.15) is 0 Å². The average molecular weight is 289 g/mol. The van der Waals surface area contributed by atoms with E-state index in [-0.39, 0.29) is 5.78 Å². The molecule has 1 aromatic carbocycles. The van der Waals surface area contributed by atoms with Crippen LogP contribution in [0.2, 0.25) is 0 Å². The van der Waals surface area contributed by atoms with Gasteiger partial charge in [-0.3, -0.25) is 4.79 Å². The minimum atomic E-state index is 0.276. The number of para-hydroxylation sites is 1. The van der Waals surface area contributed by atoms with Crippen molar-refractivity contribution in [2.45, 2.75) is 44.6 Å². The monoisotopic (exact) mass is 289 g/mol. The molecule has 20 heavy (non-hydrogen) atoms. The molecule has 1 fully saturated rings. The number of thiazole rings is 1. The molecular formula is C16H19NO2S. The van der Waals surface area contributed by atoms with Crippen molar-refractivity contribution in [3.05, 3.63) is 29.3 Å². The second kappa shape index (κ2) is 6.46. The number of rotatable bonds is 5. The zero-order chi connectivity index (χ0) is 13.8. The number of aromatic nitrogens is 1. The first-order valence-electron chi connectivity index (χ1n) is 7.29. The largest absolute Gasteiger partial charge is 0.378 e. The lowest BCUT2D eigenvalue weighted by molar-refractivity contribution is -0.119. The first-order chi connectivity index (χ1) is 9.81. The summed E-state index contributed by atoms with van der Waals surface area (Å²) in [5.41, 5.74) is 0.996. The fourth-order valence-electron chi connectivity index (χ4n) is 2.61. The predicted octanol–water partition coefficient (Wildman–Crippen LogP) is 3.76. The topological polar surface area (TPSA) is 39.2 Å². The molecule has 1 unspecified atom stereocenters. The van der Waals surface area contributed by atoms with Gasteiger partial charge in [-0.15, -0.1) is 11.3 Å². The number of carbonyl (C=O) groups is 1. The quantitative estimate of drug-likeness (QED) is 0.841. The number of ketones is 1. The molecule has 0 radical (unpaired) electrons. The molecule has 0 bridgehead atoms. The fraction of sp³-hybridized carbons (Fsp3) is 0.500. The Morgan fingerprint density at radius 2 is 2.25 bits per heavy atom. The summed E-state index contributed by atoms with van der Waals surface area (Å²) >= 11 is 1.62. The van der Waals surface area contributed by atoms with Crippen LogP contribution in [0.5, 0.6) is 0 Å². The van der Waals surface area contributed by atoms with E-state index < -0.39 is 0 Å². The first kappa shape index (κ1) is 13.7. The summed E-state index contributed by atoms with van der Waals surface area (Å²) in [7, 11) is 0. The molecule has 0 aliphatic carbocycles. The molecule has 1 atom stereocenters. The van der Waals surface area contributed by atoms with E-state index in [1.165, 1.54) is 6.42 Å². The Kier molecular flexibility index (Phi) is 4.43. The molecule has 3 nitrogen and oxygen atoms in total. The smallest absolute Gasteiger partial charge is 0.139 e. The third-order valence-corrected chi connectivity index (χ3v) is 4.74. The first-order valence-corrected chi connectivity index (χ1v) is 8.10. The molecule has 0 N–H and O–H groups in total. The third kappa shape index (κ3) is 3.44. The zero-order valence-corrected chi connectivity index (χ0v) is 12.3. The molecule has 0 spiro atoms. The number of nitrogens with zero attached hydrogens (tertiary/aromatic N) is 1. The van der Waals surface area contributed by atoms with E-state index in [0.29, 0.717) is 18.9 Å². The van der Waals surface area contributed by atoms with Gasteiger partial charge in [0.2, 0.25) is 0 Å². The summed E-state index contributed by atoms with van der Waals surface area (Å²) in [6.45, 7) is 0.858. The summed E-state index contributed by atoms with van der Waals surface area (Å²) in [6.07, 6.45) is 5.74. The van der Waals surface area contributed by atoms with Crippen LogP contribution in [0, 0.1) is 0 Å². The molecule has 4 heteroatoms. The van der Waals surface area contributed by atoms with Gasteiger partial charge in [-0.05, 0) is 37.8 Å². The number of carbonyl (C=O) groups excluding carboxylic acids is 1. The van der Waals surface area contributed by atoms with Crippen LogP contribution in [0.4, 0.5) is 0 Å². The minimum Gasteiger partial charge on any atom is -0.378 e. The van der Waals surface area contributed by atoms with E-state index in [4.69, 9.17) is 4.74 Å². The summed E-state index contributed by atoms with van der Waals surface area (Å²) in [5.74, 6) is 0.276. The maximum atomic E-state index is 12.0. The summed E-state index contributed by atoms with van der Waals surface area (Å²) in [4.78, 5) is 16.6. The number of Topliss-reactive ketones (excluding diaryl/α,β-unsaturated/α-hetero) is 1. The highest BCUT2D eigenvalue weighted by Gasteiger charge is 2.16. The predicted molar refractivity (Wildman–Crippen MR) is 81.2 cm³/mol. The van der Waals surface area contributed by atoms with Gasteiger partial charge >= 0.3 is 0 Å². The Hall–Kier alpha value is -1.26. The van der Waals surface area contributed by atoms with Crippen LogP contribution in [0.15, 0.2) is 24.3 Å². The molecule has 1 aliphatic rings. The second-order valence-corrected chi connectivity index (χ2v) is 6.43. The van der Waals surface area contributed by atoms with Gasteiger partial charge in [-0.25, -0.2) is 4.98 Å². The van der Waals surface area contributed by atoms with Crippen molar-refractivity contribution < 1.29 is 9.53 Å². The summed E-state index contributed by atoms with van der Waals surface area (Å²) in [5, 5.41) is 0.931. The van der Waals surface area contributed by atoms with E-state index in [1.807, 2.05) is 18.2 Å². The van der Waals surface area contributed by atoms with E-state index in [9.17, 15) is 4.79 Å². The Bertz CT molecular complexity index is 554. The highest BCUT2D eigenvalue weighted by Crippen LogP contribution is 2.23. The van der Waals surface area contributed by atoms with E-state index in [0.717, 1.165) is 41.1 Å². The molecule has 2 heterocycles. The lowest BCUT2D eigenvalue weighted by Gasteiger charge is -2.21. The van der Waals surface area contributed by atoms with Crippen molar-refractivity contribution in [1.82, 2.24) is 4.98 Å². The Morgan fingerprint density at radius 3 is 3.05 bits per heavy atom. The van der Waals surface area contributed by atoms with Gasteiger partial charge in [0.15, 0.2) is 0 Å². The van der Waals surface area contributed by atoms with E-state index >= 15 is 0 Å². The number of benzene rings is 1. The lowest BCUT2D eigenvalue weighted by Crippen LogP contribution is -2.20. The molecular weight excluding hydrogens is 270 g/mol. The van der Waals surface area contributed by atoms with Crippen molar-refractivity contribution in [2.75, 3.05) is 6.61 Å². The third-order valence-electron chi connectivity index (χ3n) is 3.71. The van der Waals surface area contributed by atoms with Crippen LogP contribution in [0.25, 0.3) is 10.2 Å². The average Bonchev–Trinajstić information content (AvgIpc) is 2.88. The van der Waals surface area contributed by atoms with Gasteiger partial charge in [0, 0.05) is 13.0 Å². The van der Waals surface area contributed by atoms with Gasteiger partial charge in [0.05, 0.1) is 22.7 Å². The van der Waals surface area contributed by atoms with Crippen molar-refractivity contribution >= 4 is 27.3 Å². The fourth-order valence-corrected chi connectivity index (χ4v) is 3.61. The lowest BCUT2D eigenvalue weighted by atomic mass is 10.0. The highest BCUT2D eigenvalue weighted by atomic mass is 32.1. The van der Waals surface area contributed by atoms with Gasteiger partial charge in [0.1, 0.15) is 10.8 Å². The molecule has 2 aromatic rings. The summed E-state index contributed by atoms with van der Waals surface area (Å²) < 4.78 is 6.82. The number of hydrogen-bond donors (Lipinski definition) is 0. The van der Waals surface area contributed by atoms with Crippen LogP contribution in [0.3, 0.4) is 0 Å². The molecule has 106 valence electrons. The van der Waals surface area contributed by atoms with Crippen LogP contribution in [0.1, 0.15) is 37.1 Å². The van der Waals surface area contributed by atoms with Crippen LogP contribution >= 0.6 is 11.3 Å². The highest BCUT2D eigenvalue weighted by molar-refractivity contribution is 7.18. The zero-order valence-electron chi connectivity index (χ0n) is 11.5. The van der Waals surface area contributed by atoms with Crippen LogP contribution < -0.4 is 0 Å². The van der Waals surface area contributed by atoms with Crippen molar-refractivity contribution in [3.8, 4) is 0 Å². The Balaban J connectivity index is 1.52. The minimum absolute atomic E-state index is 0.276. The molecule has 1 aliphatic heterocycles. The molecule has 1 aromatic heterocycles. The van der Waals surface area contributed by atoms with Crippen molar-refractivity contribution in [3.63, 3.8) is 0 Å². The number of ether oxygens (including phenoxy) is 1. The molecule has 0 saturated carbocycles. The van der Waals surface area contributed by atoms with Crippen molar-refractivity contribution in [1.29, 1.82) is 0 Å². The maximum absolute atomic E-state index is 12.0. The van der Waals surface area contributed by atoms with Crippen LogP contribution in [-0.2, 0) is 16.0 Å². The number of fused-ring (bicyclic) bond motifs is 1. The summed E-state index contributed by atoms with van der Waals surface area (Å²) in [6, 6.07) is 8.03. The van der Waals surface area contributed by atoms with E-state index in [2.05, 4.69) is 11.1 Å². The SMILES string of the molecule is O=C(CCC1CCCCO1)Cc1nc2ccccc2s1. The van der Waals surface area contributed by atoms with Gasteiger partial charge in [0.25, 0.3) is 0 Å². The molecule has 1 saturated heterocycles. The standard InChI is InChI=1S/C16H19NO2S/c18-12(8-9-13-5-3-4-10-19-13)11-16-17-14-6-1-2-7-15(14)20-16/h1-2,6-7,13H,3-5,8-11H2.